The van der Waals surface area contributed by atoms with Crippen LogP contribution in [0, 0.1) is 0 Å². The maximum atomic E-state index is 13.9. The number of carbonyl (C=O) groups is 4. The van der Waals surface area contributed by atoms with Crippen LogP contribution in [0.3, 0.4) is 0 Å². The van der Waals surface area contributed by atoms with Crippen LogP contribution in [0.2, 0.25) is 0 Å². The second-order valence-corrected chi connectivity index (χ2v) is 8.78. The number of nitrogens with one attached hydrogen (secondary N) is 2. The van der Waals surface area contributed by atoms with E-state index < -0.39 is 84.8 Å². The van der Waals surface area contributed by atoms with Crippen LogP contribution in [0.4, 0.5) is 14.5 Å². The highest BCUT2D eigenvalue weighted by molar-refractivity contribution is 5.93. The summed E-state index contributed by atoms with van der Waals surface area (Å²) in [5.74, 6) is -7.07. The first kappa shape index (κ1) is 31.0. The molecule has 13 nitrogen and oxygen atoms in total. The van der Waals surface area contributed by atoms with Crippen LogP contribution in [0.5, 0.6) is 5.75 Å². The molecule has 1 aromatic rings. The number of alkyl halides is 2. The van der Waals surface area contributed by atoms with Crippen molar-refractivity contribution in [1.82, 2.24) is 5.32 Å². The number of carbonyl (C=O) groups excluding carboxylic acids is 3. The van der Waals surface area contributed by atoms with Crippen molar-refractivity contribution in [3.63, 3.8) is 0 Å². The summed E-state index contributed by atoms with van der Waals surface area (Å²) in [5, 5.41) is 54.7. The third-order valence-corrected chi connectivity index (χ3v) is 5.69. The van der Waals surface area contributed by atoms with Gasteiger partial charge in [0.15, 0.2) is 0 Å². The van der Waals surface area contributed by atoms with Crippen molar-refractivity contribution in [2.24, 2.45) is 0 Å². The van der Waals surface area contributed by atoms with Gasteiger partial charge in [-0.2, -0.15) is 0 Å². The molecule has 0 aromatic heterocycles. The molecule has 1 aliphatic rings. The summed E-state index contributed by atoms with van der Waals surface area (Å²) in [6.45, 7) is 1.34. The molecule has 212 valence electrons. The maximum absolute atomic E-state index is 13.9. The lowest BCUT2D eigenvalue weighted by Gasteiger charge is -2.46. The van der Waals surface area contributed by atoms with Gasteiger partial charge in [-0.3, -0.25) is 9.59 Å². The molecular weight excluding hydrogens is 518 g/mol. The van der Waals surface area contributed by atoms with Gasteiger partial charge in [0, 0.05) is 25.5 Å². The summed E-state index contributed by atoms with van der Waals surface area (Å²) in [6.07, 6.45) is -12.0. The normalized spacial score (nSPS) is 24.8. The number of hydrogen-bond donors (Lipinski definition) is 7. The molecule has 6 unspecified atom stereocenters. The monoisotopic (exact) mass is 548 g/mol. The number of amides is 2. The predicted molar refractivity (Wildman–Crippen MR) is 123 cm³/mol. The number of halogens is 2. The Kier molecular flexibility index (Phi) is 10.6. The van der Waals surface area contributed by atoms with Gasteiger partial charge in [-0.05, 0) is 25.1 Å². The minimum Gasteiger partial charge on any atom is -0.476 e. The van der Waals surface area contributed by atoms with Crippen molar-refractivity contribution in [3.05, 3.63) is 23.8 Å². The first-order valence-corrected chi connectivity index (χ1v) is 11.4. The fourth-order valence-electron chi connectivity index (χ4n) is 3.81. The van der Waals surface area contributed by atoms with Crippen molar-refractivity contribution in [2.75, 3.05) is 11.9 Å². The number of carboxylic acid groups (broad SMARTS) is 1. The number of Topliss-reactive ketones (excluding diaryl/α,β-unsaturated/α-hetero) is 1. The van der Waals surface area contributed by atoms with Crippen LogP contribution < -0.4 is 15.4 Å². The highest BCUT2D eigenvalue weighted by Crippen LogP contribution is 2.39. The van der Waals surface area contributed by atoms with E-state index in [1.165, 1.54) is 6.92 Å². The van der Waals surface area contributed by atoms with Crippen LogP contribution in [0.15, 0.2) is 18.2 Å². The number of ether oxygens (including phenoxy) is 2. The number of hydrogen-bond acceptors (Lipinski definition) is 10. The van der Waals surface area contributed by atoms with Crippen LogP contribution >= 0.6 is 0 Å². The summed E-state index contributed by atoms with van der Waals surface area (Å²) in [6, 6.07) is 1.41. The number of aliphatic hydroxyl groups is 4. The predicted octanol–water partition coefficient (Wildman–Crippen LogP) is -0.540. The van der Waals surface area contributed by atoms with Gasteiger partial charge in [-0.25, -0.2) is 13.6 Å². The third-order valence-electron chi connectivity index (χ3n) is 5.69. The minimum absolute atomic E-state index is 0.0625. The average Bonchev–Trinajstić information content (AvgIpc) is 2.83. The van der Waals surface area contributed by atoms with Crippen LogP contribution in [0.1, 0.15) is 45.1 Å². The van der Waals surface area contributed by atoms with E-state index in [1.54, 1.807) is 0 Å². The standard InChI is InChI=1S/C23H30F2N2O11/c1-10(29)3-6-17(33)27-12-4-5-16(13(7-12)21(24)25)37-23(22(35)36)8-14(31)18(26-11(2)30)20(38-23)19(34)15(32)9-28/h4-5,7,14-15,18-21,28,31-32,34H,3,6,8-9H2,1-2H3,(H,26,30)(H,27,33)(H,35,36). The molecule has 1 aromatic carbocycles. The van der Waals surface area contributed by atoms with E-state index in [0.29, 0.717) is 0 Å². The molecule has 0 spiro atoms. The topological polar surface area (TPSA) is 212 Å². The number of rotatable bonds is 12. The lowest BCUT2D eigenvalue weighted by Crippen LogP contribution is -2.68. The van der Waals surface area contributed by atoms with E-state index in [9.17, 15) is 53.5 Å². The first-order chi connectivity index (χ1) is 17.7. The number of benzene rings is 1. The Morgan fingerprint density at radius 1 is 1.18 bits per heavy atom. The fourth-order valence-corrected chi connectivity index (χ4v) is 3.81. The Morgan fingerprint density at radius 3 is 2.37 bits per heavy atom. The van der Waals surface area contributed by atoms with E-state index in [2.05, 4.69) is 10.6 Å². The molecule has 0 saturated carbocycles. The molecule has 6 atom stereocenters. The van der Waals surface area contributed by atoms with Crippen LogP contribution in [0.25, 0.3) is 0 Å². The van der Waals surface area contributed by atoms with Gasteiger partial charge in [0.2, 0.25) is 11.8 Å². The molecule has 15 heteroatoms. The highest BCUT2D eigenvalue weighted by Gasteiger charge is 2.57. The SMILES string of the molecule is CC(=O)CCC(=O)Nc1ccc(OC2(C(=O)O)CC(O)C(NC(C)=O)C(C(O)C(O)CO)O2)c(C(F)F)c1. The van der Waals surface area contributed by atoms with E-state index in [0.717, 1.165) is 25.1 Å². The van der Waals surface area contributed by atoms with Gasteiger partial charge in [0.1, 0.15) is 29.8 Å². The molecule has 0 bridgehead atoms. The Labute approximate surface area is 215 Å². The minimum atomic E-state index is -3.23. The van der Waals surface area contributed by atoms with E-state index in [-0.39, 0.29) is 24.3 Å². The smallest absolute Gasteiger partial charge is 0.377 e. The Bertz CT molecular complexity index is 1040. The van der Waals surface area contributed by atoms with Crippen LogP contribution in [-0.2, 0) is 23.9 Å². The Hall–Kier alpha value is -3.24. The van der Waals surface area contributed by atoms with Crippen molar-refractivity contribution in [1.29, 1.82) is 0 Å². The molecule has 1 fully saturated rings. The van der Waals surface area contributed by atoms with Crippen molar-refractivity contribution in [3.8, 4) is 5.75 Å². The van der Waals surface area contributed by atoms with Gasteiger partial charge in [0.25, 0.3) is 6.43 Å². The van der Waals surface area contributed by atoms with Crippen molar-refractivity contribution < 1.29 is 63.0 Å². The van der Waals surface area contributed by atoms with E-state index in [1.807, 2.05) is 0 Å². The van der Waals surface area contributed by atoms with Gasteiger partial charge in [0.05, 0.1) is 30.7 Å². The van der Waals surface area contributed by atoms with Gasteiger partial charge in [-0.15, -0.1) is 0 Å². The number of aliphatic carboxylic acids is 1. The molecule has 0 aliphatic carbocycles. The summed E-state index contributed by atoms with van der Waals surface area (Å²) in [7, 11) is 0. The molecular formula is C23H30F2N2O11. The number of ketones is 1. The number of anilines is 1. The Balaban J connectivity index is 2.43. The number of carboxylic acids is 1. The number of aliphatic hydroxyl groups excluding tert-OH is 4. The maximum Gasteiger partial charge on any atom is 0.377 e. The van der Waals surface area contributed by atoms with E-state index >= 15 is 0 Å². The second kappa shape index (κ2) is 13.0. The second-order valence-electron chi connectivity index (χ2n) is 8.78. The summed E-state index contributed by atoms with van der Waals surface area (Å²) < 4.78 is 38.6. The largest absolute Gasteiger partial charge is 0.476 e. The summed E-state index contributed by atoms with van der Waals surface area (Å²) in [5.41, 5.74) is -0.954. The van der Waals surface area contributed by atoms with E-state index in [4.69, 9.17) is 9.47 Å². The average molecular weight is 548 g/mol. The molecule has 38 heavy (non-hydrogen) atoms. The zero-order valence-corrected chi connectivity index (χ0v) is 20.5. The summed E-state index contributed by atoms with van der Waals surface area (Å²) in [4.78, 5) is 46.9. The molecule has 7 N–H and O–H groups in total. The lowest BCUT2D eigenvalue weighted by molar-refractivity contribution is -0.284. The van der Waals surface area contributed by atoms with Gasteiger partial charge >= 0.3 is 11.8 Å². The first-order valence-electron chi connectivity index (χ1n) is 11.4. The molecule has 2 rings (SSSR count). The molecule has 1 saturated heterocycles. The summed E-state index contributed by atoms with van der Waals surface area (Å²) >= 11 is 0. The zero-order valence-electron chi connectivity index (χ0n) is 20.5. The molecule has 1 aliphatic heterocycles. The third kappa shape index (κ3) is 7.64. The van der Waals surface area contributed by atoms with Gasteiger partial charge in [-0.1, -0.05) is 0 Å². The van der Waals surface area contributed by atoms with Crippen molar-refractivity contribution in [2.45, 2.75) is 75.8 Å². The lowest BCUT2D eigenvalue weighted by atomic mass is 9.88. The zero-order chi connectivity index (χ0) is 28.8. The molecule has 2 amide bonds. The molecule has 1 heterocycles. The van der Waals surface area contributed by atoms with Crippen LogP contribution in [-0.4, -0.2) is 92.0 Å². The van der Waals surface area contributed by atoms with Crippen molar-refractivity contribution >= 4 is 29.3 Å². The fraction of sp³-hybridized carbons (Fsp3) is 0.565. The highest BCUT2D eigenvalue weighted by atomic mass is 19.3. The molecule has 0 radical (unpaired) electrons. The van der Waals surface area contributed by atoms with Gasteiger partial charge < -0.3 is 50.4 Å². The quantitative estimate of drug-likeness (QED) is 0.176. The Morgan fingerprint density at radius 2 is 1.84 bits per heavy atom.